The van der Waals surface area contributed by atoms with Crippen molar-refractivity contribution >= 4 is 34.8 Å². The molecule has 0 bridgehead atoms. The fourth-order valence-corrected chi connectivity index (χ4v) is 2.13. The van der Waals surface area contributed by atoms with Crippen LogP contribution in [0.5, 0.6) is 5.75 Å². The number of benzene rings is 1. The molecule has 1 atom stereocenters. The first-order valence-electron chi connectivity index (χ1n) is 5.94. The minimum absolute atomic E-state index is 0.101. The van der Waals surface area contributed by atoms with Crippen LogP contribution in [0.25, 0.3) is 0 Å². The highest BCUT2D eigenvalue weighted by Crippen LogP contribution is 2.26. The summed E-state index contributed by atoms with van der Waals surface area (Å²) in [7, 11) is 1.53. The second kappa shape index (κ2) is 7.39. The lowest BCUT2D eigenvalue weighted by atomic mass is 9.96. The topological polar surface area (TPSA) is 38.7 Å². The quantitative estimate of drug-likeness (QED) is 0.452. The Hall–Kier alpha value is -1.22. The molecule has 0 saturated heterocycles. The molecule has 0 heterocycles. The number of carbonyl (C=O) groups excluding carboxylic acids is 1. The second-order valence-electron chi connectivity index (χ2n) is 4.58. The van der Waals surface area contributed by atoms with Gasteiger partial charge in [0.25, 0.3) is 0 Å². The summed E-state index contributed by atoms with van der Waals surface area (Å²) >= 11 is 10.6. The predicted molar refractivity (Wildman–Crippen MR) is 80.6 cm³/mol. The predicted octanol–water partition coefficient (Wildman–Crippen LogP) is 4.05. The smallest absolute Gasteiger partial charge is 0.188 e. The summed E-state index contributed by atoms with van der Waals surface area (Å²) in [6.45, 7) is 4.06. The Morgan fingerprint density at radius 3 is 2.68 bits per heavy atom. The Morgan fingerprint density at radius 2 is 2.21 bits per heavy atom. The van der Waals surface area contributed by atoms with Gasteiger partial charge in [0.1, 0.15) is 11.8 Å². The summed E-state index contributed by atoms with van der Waals surface area (Å²) in [6.07, 6.45) is 0.631. The number of Topliss-reactive ketones (excluding diaryl/α,β-unsaturated/α-hetero) is 1. The average molecular weight is 298 g/mol. The highest BCUT2D eigenvalue weighted by molar-refractivity contribution is 7.78. The first kappa shape index (κ1) is 15.8. The lowest BCUT2D eigenvalue weighted by molar-refractivity contribution is 0.0952. The normalized spacial score (nSPS) is 11.8. The van der Waals surface area contributed by atoms with E-state index in [9.17, 15) is 4.79 Å². The van der Waals surface area contributed by atoms with Crippen LogP contribution < -0.4 is 4.74 Å². The van der Waals surface area contributed by atoms with Gasteiger partial charge in [-0.15, -0.1) is 0 Å². The van der Waals surface area contributed by atoms with Gasteiger partial charge in [-0.3, -0.25) is 4.79 Å². The number of rotatable bonds is 6. The first-order valence-corrected chi connectivity index (χ1v) is 6.73. The van der Waals surface area contributed by atoms with Gasteiger partial charge in [0.2, 0.25) is 0 Å². The van der Waals surface area contributed by atoms with E-state index in [1.165, 1.54) is 7.11 Å². The molecule has 1 rings (SSSR count). The molecule has 1 aromatic rings. The molecule has 0 aromatic heterocycles. The summed E-state index contributed by atoms with van der Waals surface area (Å²) in [5, 5.41) is 2.70. The number of methoxy groups -OCH3 is 1. The molecular weight excluding hydrogens is 282 g/mol. The summed E-state index contributed by atoms with van der Waals surface area (Å²) in [5.74, 6) is 0.780. The van der Waals surface area contributed by atoms with Crippen LogP contribution >= 0.6 is 23.8 Å². The molecule has 0 fully saturated rings. The van der Waals surface area contributed by atoms with Gasteiger partial charge < -0.3 is 4.74 Å². The van der Waals surface area contributed by atoms with E-state index in [1.807, 2.05) is 13.8 Å². The number of nitrogens with zero attached hydrogens (tertiary/aromatic N) is 1. The van der Waals surface area contributed by atoms with Gasteiger partial charge in [-0.2, -0.15) is 0 Å². The molecule has 0 aliphatic heterocycles. The molecule has 102 valence electrons. The summed E-state index contributed by atoms with van der Waals surface area (Å²) < 4.78 is 5.06. The lowest BCUT2D eigenvalue weighted by Gasteiger charge is -2.13. The van der Waals surface area contributed by atoms with Crippen LogP contribution in [0.2, 0.25) is 5.02 Å². The largest absolute Gasteiger partial charge is 0.495 e. The Balaban J connectivity index is 3.02. The van der Waals surface area contributed by atoms with E-state index in [-0.39, 0.29) is 5.78 Å². The Labute approximate surface area is 123 Å². The molecule has 3 nitrogen and oxygen atoms in total. The number of aliphatic imine (C=N–C) groups is 1. The fraction of sp³-hybridized carbons (Fsp3) is 0.429. The van der Waals surface area contributed by atoms with Crippen molar-refractivity contribution in [3.63, 3.8) is 0 Å². The van der Waals surface area contributed by atoms with E-state index in [1.54, 1.807) is 18.2 Å². The van der Waals surface area contributed by atoms with Gasteiger partial charge in [-0.05, 0) is 42.8 Å². The molecular formula is C14H16ClNO2S. The maximum absolute atomic E-state index is 12.3. The molecule has 0 N–H and O–H groups in total. The van der Waals surface area contributed by atoms with Gasteiger partial charge in [0.05, 0.1) is 17.3 Å². The zero-order valence-corrected chi connectivity index (χ0v) is 12.7. The summed E-state index contributed by atoms with van der Waals surface area (Å²) in [4.78, 5) is 16.3. The van der Waals surface area contributed by atoms with E-state index in [0.29, 0.717) is 28.7 Å². The monoisotopic (exact) mass is 297 g/mol. The van der Waals surface area contributed by atoms with Crippen molar-refractivity contribution in [3.05, 3.63) is 28.8 Å². The molecule has 0 amide bonds. The van der Waals surface area contributed by atoms with E-state index >= 15 is 0 Å². The summed E-state index contributed by atoms with van der Waals surface area (Å²) in [5.41, 5.74) is 0.505. The Morgan fingerprint density at radius 1 is 1.53 bits per heavy atom. The molecule has 5 heteroatoms. The number of ether oxygens (including phenoxy) is 1. The summed E-state index contributed by atoms with van der Waals surface area (Å²) in [6, 6.07) is 4.44. The van der Waals surface area contributed by atoms with Gasteiger partial charge in [0.15, 0.2) is 5.78 Å². The molecule has 19 heavy (non-hydrogen) atoms. The van der Waals surface area contributed by atoms with Crippen LogP contribution in [0.15, 0.2) is 23.2 Å². The zero-order chi connectivity index (χ0) is 14.4. The fourth-order valence-electron chi connectivity index (χ4n) is 1.74. The van der Waals surface area contributed by atoms with Gasteiger partial charge in [-0.1, -0.05) is 25.4 Å². The molecule has 0 aliphatic rings. The van der Waals surface area contributed by atoms with Crippen molar-refractivity contribution in [2.75, 3.05) is 7.11 Å². The second-order valence-corrected chi connectivity index (χ2v) is 5.17. The highest BCUT2D eigenvalue weighted by Gasteiger charge is 2.21. The van der Waals surface area contributed by atoms with Crippen LogP contribution in [0.4, 0.5) is 0 Å². The van der Waals surface area contributed by atoms with E-state index in [2.05, 4.69) is 22.4 Å². The molecule has 0 aliphatic carbocycles. The van der Waals surface area contributed by atoms with Crippen molar-refractivity contribution in [1.82, 2.24) is 0 Å². The molecule has 1 aromatic carbocycles. The molecule has 0 saturated carbocycles. The third kappa shape index (κ3) is 4.43. The van der Waals surface area contributed by atoms with Crippen molar-refractivity contribution in [1.29, 1.82) is 0 Å². The lowest BCUT2D eigenvalue weighted by Crippen LogP contribution is -2.20. The van der Waals surface area contributed by atoms with Crippen LogP contribution in [-0.2, 0) is 0 Å². The number of ketones is 1. The van der Waals surface area contributed by atoms with Crippen molar-refractivity contribution in [3.8, 4) is 5.75 Å². The average Bonchev–Trinajstić information content (AvgIpc) is 2.36. The minimum atomic E-state index is -0.498. The van der Waals surface area contributed by atoms with Crippen LogP contribution in [0.3, 0.4) is 0 Å². The first-order chi connectivity index (χ1) is 8.99. The number of hydrogen-bond acceptors (Lipinski definition) is 4. The van der Waals surface area contributed by atoms with Crippen LogP contribution in [0.1, 0.15) is 30.6 Å². The third-order valence-corrected chi connectivity index (χ3v) is 3.04. The third-order valence-electron chi connectivity index (χ3n) is 2.64. The van der Waals surface area contributed by atoms with Crippen molar-refractivity contribution in [2.24, 2.45) is 10.9 Å². The number of hydrogen-bond donors (Lipinski definition) is 0. The standard InChI is InChI=1S/C14H16ClNO2S/c1-9(2)6-12(16-8-19)14(17)10-4-5-13(18-3)11(15)7-10/h4-5,7,9,12H,6H2,1-3H3. The zero-order valence-electron chi connectivity index (χ0n) is 11.1. The molecule has 0 spiro atoms. The van der Waals surface area contributed by atoms with Crippen molar-refractivity contribution in [2.45, 2.75) is 26.3 Å². The van der Waals surface area contributed by atoms with E-state index < -0.39 is 6.04 Å². The van der Waals surface area contributed by atoms with Gasteiger partial charge in [0, 0.05) is 5.56 Å². The molecule has 0 radical (unpaired) electrons. The Kier molecular flexibility index (Phi) is 6.16. The Bertz CT molecular complexity index is 510. The van der Waals surface area contributed by atoms with E-state index in [4.69, 9.17) is 16.3 Å². The highest BCUT2D eigenvalue weighted by atomic mass is 35.5. The van der Waals surface area contributed by atoms with Gasteiger partial charge in [-0.25, -0.2) is 4.99 Å². The number of carbonyl (C=O) groups is 1. The number of halogens is 1. The van der Waals surface area contributed by atoms with Crippen LogP contribution in [-0.4, -0.2) is 24.1 Å². The minimum Gasteiger partial charge on any atom is -0.495 e. The number of thiocarbonyl (C=S) groups is 1. The number of isothiocyanates is 1. The maximum Gasteiger partial charge on any atom is 0.188 e. The molecule has 1 unspecified atom stereocenters. The SMILES string of the molecule is COc1ccc(C(=O)C(CC(C)C)N=C=S)cc1Cl. The van der Waals surface area contributed by atoms with Crippen molar-refractivity contribution < 1.29 is 9.53 Å². The van der Waals surface area contributed by atoms with E-state index in [0.717, 1.165) is 0 Å². The maximum atomic E-state index is 12.3. The van der Waals surface area contributed by atoms with Crippen LogP contribution in [0, 0.1) is 5.92 Å². The van der Waals surface area contributed by atoms with Gasteiger partial charge >= 0.3 is 0 Å².